The first-order valence-electron chi connectivity index (χ1n) is 9.14. The lowest BCUT2D eigenvalue weighted by Crippen LogP contribution is -2.40. The minimum atomic E-state index is 0.0508. The summed E-state index contributed by atoms with van der Waals surface area (Å²) in [5.74, 6) is 2.57. The third-order valence-corrected chi connectivity index (χ3v) is 6.92. The van der Waals surface area contributed by atoms with Crippen LogP contribution < -0.4 is 10.2 Å². The molecule has 0 unspecified atom stereocenters. The van der Waals surface area contributed by atoms with E-state index in [9.17, 15) is 9.59 Å². The van der Waals surface area contributed by atoms with Crippen molar-refractivity contribution in [2.24, 2.45) is 17.8 Å². The van der Waals surface area contributed by atoms with Crippen molar-refractivity contribution in [3.8, 4) is 0 Å². The van der Waals surface area contributed by atoms with Gasteiger partial charge in [-0.25, -0.2) is 4.98 Å². The molecule has 0 aromatic carbocycles. The Morgan fingerprint density at radius 1 is 1.46 bits per heavy atom. The Morgan fingerprint density at radius 2 is 2.33 bits per heavy atom. The zero-order valence-corrected chi connectivity index (χ0v) is 15.0. The highest BCUT2D eigenvalue weighted by Gasteiger charge is 2.42. The number of hydrogen-bond acceptors (Lipinski definition) is 4. The molecule has 2 saturated carbocycles. The molecule has 130 valence electrons. The van der Waals surface area contributed by atoms with Crippen LogP contribution >= 0.6 is 11.3 Å². The number of thiazole rings is 1. The average Bonchev–Trinajstić information content (AvgIpc) is 3.30. The summed E-state index contributed by atoms with van der Waals surface area (Å²) in [6.07, 6.45) is 7.19. The van der Waals surface area contributed by atoms with Gasteiger partial charge in [-0.2, -0.15) is 0 Å². The number of nitrogens with zero attached hydrogens (tertiary/aromatic N) is 2. The number of amides is 2. The van der Waals surface area contributed by atoms with Gasteiger partial charge >= 0.3 is 0 Å². The molecule has 1 aromatic rings. The van der Waals surface area contributed by atoms with E-state index < -0.39 is 0 Å². The van der Waals surface area contributed by atoms with E-state index in [-0.39, 0.29) is 17.9 Å². The van der Waals surface area contributed by atoms with Gasteiger partial charge in [0, 0.05) is 24.4 Å². The number of anilines is 1. The normalized spacial score (nSPS) is 30.1. The van der Waals surface area contributed by atoms with E-state index in [2.05, 4.69) is 17.2 Å². The topological polar surface area (TPSA) is 62.3 Å². The summed E-state index contributed by atoms with van der Waals surface area (Å²) in [6, 6.07) is 0.256. The summed E-state index contributed by atoms with van der Waals surface area (Å²) in [5, 5.41) is 5.83. The van der Waals surface area contributed by atoms with Gasteiger partial charge in [-0.1, -0.05) is 6.42 Å². The average molecular weight is 347 g/mol. The van der Waals surface area contributed by atoms with Gasteiger partial charge in [0.1, 0.15) is 0 Å². The molecule has 1 N–H and O–H groups in total. The Bertz CT molecular complexity index is 644. The SMILES string of the molecule is C[C@H](NC(=O)Cc1csc(N2CCCC2=O)n1)[C@@H]1C[C@H]2CC[C@H]1C2. The van der Waals surface area contributed by atoms with Gasteiger partial charge in [0.05, 0.1) is 12.1 Å². The molecule has 1 aliphatic heterocycles. The summed E-state index contributed by atoms with van der Waals surface area (Å²) >= 11 is 1.46. The molecule has 0 radical (unpaired) electrons. The predicted molar refractivity (Wildman–Crippen MR) is 93.9 cm³/mol. The number of fused-ring (bicyclic) bond motifs is 2. The van der Waals surface area contributed by atoms with E-state index >= 15 is 0 Å². The van der Waals surface area contributed by atoms with Crippen LogP contribution in [0.1, 0.15) is 51.1 Å². The Balaban J connectivity index is 1.31. The first kappa shape index (κ1) is 16.1. The fourth-order valence-corrected chi connectivity index (χ4v) is 5.70. The van der Waals surface area contributed by atoms with Gasteiger partial charge in [-0.3, -0.25) is 14.5 Å². The summed E-state index contributed by atoms with van der Waals surface area (Å²) in [7, 11) is 0. The highest BCUT2D eigenvalue weighted by atomic mass is 32.1. The Labute approximate surface area is 146 Å². The van der Waals surface area contributed by atoms with Crippen LogP contribution in [-0.2, 0) is 16.0 Å². The standard InChI is InChI=1S/C18H25N3O2S/c1-11(15-8-12-4-5-13(15)7-12)19-16(22)9-14-10-24-18(20-14)21-6-2-3-17(21)23/h10-13,15H,2-9H2,1H3,(H,19,22)/t11-,12-,13-,15-/m0/s1. The smallest absolute Gasteiger partial charge is 0.228 e. The second kappa shape index (κ2) is 6.47. The van der Waals surface area contributed by atoms with Crippen LogP contribution in [0.4, 0.5) is 5.13 Å². The first-order valence-corrected chi connectivity index (χ1v) is 10.0. The van der Waals surface area contributed by atoms with Gasteiger partial charge in [0.15, 0.2) is 5.13 Å². The summed E-state index contributed by atoms with van der Waals surface area (Å²) in [4.78, 5) is 30.4. The van der Waals surface area contributed by atoms with Gasteiger partial charge in [-0.05, 0) is 50.4 Å². The fourth-order valence-electron chi connectivity index (χ4n) is 4.83. The number of carbonyl (C=O) groups excluding carboxylic acids is 2. The van der Waals surface area contributed by atoms with Gasteiger partial charge in [0.25, 0.3) is 0 Å². The predicted octanol–water partition coefficient (Wildman–Crippen LogP) is 2.75. The minimum Gasteiger partial charge on any atom is -0.353 e. The van der Waals surface area contributed by atoms with Crippen molar-refractivity contribution in [1.82, 2.24) is 10.3 Å². The number of carbonyl (C=O) groups is 2. The maximum atomic E-state index is 12.4. The van der Waals surface area contributed by atoms with Crippen molar-refractivity contribution in [1.29, 1.82) is 0 Å². The van der Waals surface area contributed by atoms with Crippen LogP contribution in [-0.4, -0.2) is 29.4 Å². The molecule has 1 saturated heterocycles. The second-order valence-electron chi connectivity index (χ2n) is 7.64. The molecule has 0 spiro atoms. The van der Waals surface area contributed by atoms with Crippen molar-refractivity contribution in [3.05, 3.63) is 11.1 Å². The molecule has 4 atom stereocenters. The maximum Gasteiger partial charge on any atom is 0.228 e. The van der Waals surface area contributed by atoms with E-state index in [1.807, 2.05) is 5.38 Å². The summed E-state index contributed by atoms with van der Waals surface area (Å²) in [5.41, 5.74) is 0.771. The van der Waals surface area contributed by atoms with Crippen LogP contribution in [0, 0.1) is 17.8 Å². The van der Waals surface area contributed by atoms with Gasteiger partial charge in [0.2, 0.25) is 11.8 Å². The molecular weight excluding hydrogens is 322 g/mol. The van der Waals surface area contributed by atoms with E-state index in [0.717, 1.165) is 35.6 Å². The zero-order chi connectivity index (χ0) is 16.7. The quantitative estimate of drug-likeness (QED) is 0.891. The molecule has 1 aromatic heterocycles. The second-order valence-corrected chi connectivity index (χ2v) is 8.48. The first-order chi connectivity index (χ1) is 11.6. The molecule has 5 nitrogen and oxygen atoms in total. The van der Waals surface area contributed by atoms with Crippen LogP contribution in [0.3, 0.4) is 0 Å². The van der Waals surface area contributed by atoms with Crippen molar-refractivity contribution in [2.45, 2.75) is 57.9 Å². The minimum absolute atomic E-state index is 0.0508. The highest BCUT2D eigenvalue weighted by Crippen LogP contribution is 2.49. The molecule has 24 heavy (non-hydrogen) atoms. The molecule has 3 aliphatic rings. The monoisotopic (exact) mass is 347 g/mol. The lowest BCUT2D eigenvalue weighted by Gasteiger charge is -2.28. The van der Waals surface area contributed by atoms with Crippen LogP contribution in [0.2, 0.25) is 0 Å². The lowest BCUT2D eigenvalue weighted by molar-refractivity contribution is -0.121. The lowest BCUT2D eigenvalue weighted by atomic mass is 9.84. The molecule has 2 heterocycles. The Hall–Kier alpha value is -1.43. The number of aromatic nitrogens is 1. The molecule has 2 bridgehead atoms. The third-order valence-electron chi connectivity index (χ3n) is 6.01. The molecule has 4 rings (SSSR count). The number of nitrogens with one attached hydrogen (secondary N) is 1. The molecule has 2 aliphatic carbocycles. The van der Waals surface area contributed by atoms with Crippen molar-refractivity contribution < 1.29 is 9.59 Å². The summed E-state index contributed by atoms with van der Waals surface area (Å²) in [6.45, 7) is 2.90. The van der Waals surface area contributed by atoms with Crippen molar-refractivity contribution in [2.75, 3.05) is 11.4 Å². The van der Waals surface area contributed by atoms with E-state index in [1.54, 1.807) is 4.90 Å². The molecule has 2 amide bonds. The van der Waals surface area contributed by atoms with Gasteiger partial charge < -0.3 is 5.32 Å². The number of rotatable bonds is 5. The van der Waals surface area contributed by atoms with Crippen molar-refractivity contribution >= 4 is 28.3 Å². The fraction of sp³-hybridized carbons (Fsp3) is 0.722. The van der Waals surface area contributed by atoms with Gasteiger partial charge in [-0.15, -0.1) is 11.3 Å². The van der Waals surface area contributed by atoms with Crippen LogP contribution in [0.25, 0.3) is 0 Å². The third kappa shape index (κ3) is 3.08. The number of hydrogen-bond donors (Lipinski definition) is 1. The van der Waals surface area contributed by atoms with E-state index in [0.29, 0.717) is 18.8 Å². The van der Waals surface area contributed by atoms with E-state index in [1.165, 1.54) is 37.0 Å². The highest BCUT2D eigenvalue weighted by molar-refractivity contribution is 7.14. The summed E-state index contributed by atoms with van der Waals surface area (Å²) < 4.78 is 0. The zero-order valence-electron chi connectivity index (χ0n) is 14.2. The Morgan fingerprint density at radius 3 is 3.00 bits per heavy atom. The van der Waals surface area contributed by atoms with E-state index in [4.69, 9.17) is 0 Å². The maximum absolute atomic E-state index is 12.4. The molecular formula is C18H25N3O2S. The molecule has 6 heteroatoms. The largest absolute Gasteiger partial charge is 0.353 e. The van der Waals surface area contributed by atoms with Crippen LogP contribution in [0.15, 0.2) is 5.38 Å². The van der Waals surface area contributed by atoms with Crippen molar-refractivity contribution in [3.63, 3.8) is 0 Å². The molecule has 3 fully saturated rings. The van der Waals surface area contributed by atoms with Crippen LogP contribution in [0.5, 0.6) is 0 Å². The Kier molecular flexibility index (Phi) is 4.33.